The molecule has 0 radical (unpaired) electrons. The Balaban J connectivity index is 1.25. The number of furan rings is 1. The normalized spacial score (nSPS) is 16.0. The maximum absolute atomic E-state index is 13.4. The van der Waals surface area contributed by atoms with E-state index in [1.807, 2.05) is 55.5 Å². The van der Waals surface area contributed by atoms with Crippen LogP contribution in [-0.2, 0) is 20.9 Å². The Hall–Kier alpha value is -4.18. The molecule has 0 unspecified atom stereocenters. The highest BCUT2D eigenvalue weighted by atomic mass is 32.2. The Bertz CT molecular complexity index is 1400. The third-order valence-electron chi connectivity index (χ3n) is 5.87. The number of amidine groups is 2. The van der Waals surface area contributed by atoms with Crippen molar-refractivity contribution in [3.8, 4) is 0 Å². The fourth-order valence-electron chi connectivity index (χ4n) is 4.09. The fourth-order valence-corrected chi connectivity index (χ4v) is 4.89. The maximum atomic E-state index is 13.4. The number of thioether (sulfide) groups is 1. The van der Waals surface area contributed by atoms with Crippen LogP contribution in [0, 0.1) is 6.92 Å². The molecule has 2 N–H and O–H groups in total. The summed E-state index contributed by atoms with van der Waals surface area (Å²) in [5.74, 6) is 0.583. The number of hydrogen-bond acceptors (Lipinski definition) is 7. The molecular weight excluding hydrogens is 490 g/mol. The molecule has 3 amide bonds. The Morgan fingerprint density at radius 1 is 1.08 bits per heavy atom. The summed E-state index contributed by atoms with van der Waals surface area (Å²) in [6, 6.07) is 17.8. The lowest BCUT2D eigenvalue weighted by Crippen LogP contribution is -2.41. The van der Waals surface area contributed by atoms with Crippen molar-refractivity contribution in [3.63, 3.8) is 0 Å². The molecule has 3 heterocycles. The maximum Gasteiger partial charge on any atom is 0.259 e. The molecule has 1 aromatic heterocycles. The Labute approximate surface area is 218 Å². The highest BCUT2D eigenvalue weighted by molar-refractivity contribution is 8.14. The zero-order valence-corrected chi connectivity index (χ0v) is 21.0. The first kappa shape index (κ1) is 24.5. The van der Waals surface area contributed by atoms with Gasteiger partial charge in [-0.05, 0) is 55.3 Å². The van der Waals surface area contributed by atoms with Gasteiger partial charge < -0.3 is 15.1 Å². The Kier molecular flexibility index (Phi) is 7.18. The molecule has 188 valence electrons. The van der Waals surface area contributed by atoms with E-state index in [4.69, 9.17) is 4.42 Å². The monoisotopic (exact) mass is 515 g/mol. The van der Waals surface area contributed by atoms with Crippen molar-refractivity contribution in [1.29, 1.82) is 0 Å². The zero-order valence-electron chi connectivity index (χ0n) is 20.1. The molecule has 2 aliphatic rings. The number of anilines is 1. The highest BCUT2D eigenvalue weighted by Gasteiger charge is 2.41. The number of aliphatic imine (C=N–C) groups is 2. The summed E-state index contributed by atoms with van der Waals surface area (Å²) >= 11 is 1.18. The van der Waals surface area contributed by atoms with E-state index in [1.165, 1.54) is 16.7 Å². The van der Waals surface area contributed by atoms with Crippen LogP contribution in [0.4, 0.5) is 11.4 Å². The average Bonchev–Trinajstić information content (AvgIpc) is 3.53. The lowest BCUT2D eigenvalue weighted by Gasteiger charge is -2.25. The van der Waals surface area contributed by atoms with E-state index in [-0.39, 0.29) is 42.9 Å². The summed E-state index contributed by atoms with van der Waals surface area (Å²) < 4.78 is 5.22. The van der Waals surface area contributed by atoms with E-state index in [1.54, 1.807) is 18.4 Å². The van der Waals surface area contributed by atoms with E-state index >= 15 is 0 Å². The first-order valence-electron chi connectivity index (χ1n) is 11.9. The van der Waals surface area contributed by atoms with E-state index in [2.05, 4.69) is 20.6 Å². The lowest BCUT2D eigenvalue weighted by atomic mass is 10.1. The third kappa shape index (κ3) is 5.64. The van der Waals surface area contributed by atoms with Gasteiger partial charge in [-0.2, -0.15) is 0 Å². The van der Waals surface area contributed by atoms with Gasteiger partial charge in [-0.15, -0.1) is 0 Å². The third-order valence-corrected chi connectivity index (χ3v) is 6.81. The molecule has 3 aromatic rings. The number of para-hydroxylation sites is 1. The van der Waals surface area contributed by atoms with Gasteiger partial charge in [0.15, 0.2) is 5.17 Å². The van der Waals surface area contributed by atoms with Crippen LogP contribution in [0.25, 0.3) is 0 Å². The quantitative estimate of drug-likeness (QED) is 0.470. The van der Waals surface area contributed by atoms with Crippen LogP contribution >= 0.6 is 11.8 Å². The van der Waals surface area contributed by atoms with Crippen molar-refractivity contribution in [1.82, 2.24) is 10.2 Å². The number of hydrogen-bond donors (Lipinski definition) is 2. The number of nitrogens with one attached hydrogen (secondary N) is 2. The van der Waals surface area contributed by atoms with Gasteiger partial charge in [-0.3, -0.25) is 19.4 Å². The molecule has 10 heteroatoms. The number of carbonyl (C=O) groups excluding carboxylic acids is 3. The second kappa shape index (κ2) is 10.8. The van der Waals surface area contributed by atoms with Crippen molar-refractivity contribution in [3.05, 3.63) is 83.8 Å². The average molecular weight is 516 g/mol. The smallest absolute Gasteiger partial charge is 0.259 e. The van der Waals surface area contributed by atoms with Crippen molar-refractivity contribution < 1.29 is 18.8 Å². The molecule has 37 heavy (non-hydrogen) atoms. The minimum absolute atomic E-state index is 0.0753. The molecule has 9 nitrogen and oxygen atoms in total. The minimum Gasteiger partial charge on any atom is -0.467 e. The largest absolute Gasteiger partial charge is 0.467 e. The summed E-state index contributed by atoms with van der Waals surface area (Å²) in [5.41, 5.74) is 3.19. The lowest BCUT2D eigenvalue weighted by molar-refractivity contribution is -0.125. The predicted molar refractivity (Wildman–Crippen MR) is 143 cm³/mol. The van der Waals surface area contributed by atoms with Crippen LogP contribution in [0.15, 0.2) is 81.3 Å². The molecule has 0 saturated carbocycles. The summed E-state index contributed by atoms with van der Waals surface area (Å²) in [6.45, 7) is 2.24. The predicted octanol–water partition coefficient (Wildman–Crippen LogP) is 4.02. The number of nitrogens with zero attached hydrogens (tertiary/aromatic N) is 3. The van der Waals surface area contributed by atoms with Crippen molar-refractivity contribution in [2.75, 3.05) is 11.1 Å². The number of benzene rings is 2. The molecule has 2 aromatic carbocycles. The summed E-state index contributed by atoms with van der Waals surface area (Å²) in [4.78, 5) is 49.1. The van der Waals surface area contributed by atoms with E-state index in [0.29, 0.717) is 28.1 Å². The first-order chi connectivity index (χ1) is 18.0. The minimum atomic E-state index is -0.706. The van der Waals surface area contributed by atoms with Gasteiger partial charge in [0.25, 0.3) is 5.91 Å². The summed E-state index contributed by atoms with van der Waals surface area (Å²) in [7, 11) is 0. The Morgan fingerprint density at radius 2 is 1.95 bits per heavy atom. The molecule has 0 spiro atoms. The van der Waals surface area contributed by atoms with Crippen molar-refractivity contribution >= 4 is 51.9 Å². The summed E-state index contributed by atoms with van der Waals surface area (Å²) in [5, 5.41) is 6.06. The standard InChI is InChI=1S/C27H25N5O4S/c1-17-6-4-7-18(14-17)29-24(34)16-37-27-31-21-10-3-2-9-20(21)25-30-22(26(35)32(25)27)11-12-23(33)28-15-19-8-5-13-36-19/h2-10,13-14,22H,11-12,15-16H2,1H3,(H,28,33)(H,29,34)/t22-/m1/s1. The highest BCUT2D eigenvalue weighted by Crippen LogP contribution is 2.34. The molecule has 0 fully saturated rings. The van der Waals surface area contributed by atoms with Gasteiger partial charge in [0.05, 0.1) is 24.2 Å². The van der Waals surface area contributed by atoms with Crippen molar-refractivity contribution in [2.24, 2.45) is 9.98 Å². The van der Waals surface area contributed by atoms with Gasteiger partial charge in [-0.1, -0.05) is 36.0 Å². The molecule has 5 rings (SSSR count). The van der Waals surface area contributed by atoms with Gasteiger partial charge in [0.2, 0.25) is 11.8 Å². The molecular formula is C27H25N5O4S. The molecule has 1 atom stereocenters. The number of amides is 3. The fraction of sp³-hybridized carbons (Fsp3) is 0.222. The topological polar surface area (TPSA) is 116 Å². The van der Waals surface area contributed by atoms with Crippen LogP contribution in [0.2, 0.25) is 0 Å². The Morgan fingerprint density at radius 3 is 2.76 bits per heavy atom. The van der Waals surface area contributed by atoms with E-state index in [9.17, 15) is 14.4 Å². The van der Waals surface area contributed by atoms with E-state index < -0.39 is 6.04 Å². The summed E-state index contributed by atoms with van der Waals surface area (Å²) in [6.07, 6.45) is 1.95. The van der Waals surface area contributed by atoms with Crippen LogP contribution in [0.5, 0.6) is 0 Å². The number of carbonyl (C=O) groups is 3. The SMILES string of the molecule is Cc1cccc(NC(=O)CSC2=Nc3ccccc3C3=N[C@H](CCC(=O)NCc4ccco4)C(=O)N23)c1. The number of rotatable bonds is 8. The van der Waals surface area contributed by atoms with Gasteiger partial charge in [0, 0.05) is 17.7 Å². The molecule has 0 saturated heterocycles. The van der Waals surface area contributed by atoms with E-state index in [0.717, 1.165) is 11.1 Å². The second-order valence-electron chi connectivity index (χ2n) is 8.65. The van der Waals surface area contributed by atoms with Gasteiger partial charge in [0.1, 0.15) is 17.6 Å². The van der Waals surface area contributed by atoms with Crippen LogP contribution in [-0.4, -0.2) is 45.4 Å². The molecule has 2 aliphatic heterocycles. The van der Waals surface area contributed by atoms with Crippen molar-refractivity contribution in [2.45, 2.75) is 32.4 Å². The molecule has 0 bridgehead atoms. The van der Waals surface area contributed by atoms with Crippen LogP contribution in [0.3, 0.4) is 0 Å². The molecule has 0 aliphatic carbocycles. The van der Waals surface area contributed by atoms with Crippen LogP contribution < -0.4 is 10.6 Å². The van der Waals surface area contributed by atoms with Gasteiger partial charge >= 0.3 is 0 Å². The number of aryl methyl sites for hydroxylation is 1. The zero-order chi connectivity index (χ0) is 25.8. The number of fused-ring (bicyclic) bond motifs is 3. The van der Waals surface area contributed by atoms with Gasteiger partial charge in [-0.25, -0.2) is 9.89 Å². The first-order valence-corrected chi connectivity index (χ1v) is 12.8. The van der Waals surface area contributed by atoms with Crippen LogP contribution in [0.1, 0.15) is 29.7 Å². The second-order valence-corrected chi connectivity index (χ2v) is 9.60.